The first-order valence-corrected chi connectivity index (χ1v) is 10.3. The number of anilines is 1. The van der Waals surface area contributed by atoms with E-state index in [0.717, 1.165) is 36.4 Å². The maximum atomic E-state index is 12.9. The number of carbonyl (C=O) groups excluding carboxylic acids is 1. The van der Waals surface area contributed by atoms with Gasteiger partial charge in [0.15, 0.2) is 5.16 Å². The number of hydrogen-bond acceptors (Lipinski definition) is 5. The Morgan fingerprint density at radius 1 is 1.27 bits per heavy atom. The lowest BCUT2D eigenvalue weighted by atomic mass is 9.92. The van der Waals surface area contributed by atoms with Crippen LogP contribution in [0.25, 0.3) is 10.9 Å². The summed E-state index contributed by atoms with van der Waals surface area (Å²) in [6.45, 7) is 11.0. The summed E-state index contributed by atoms with van der Waals surface area (Å²) in [5, 5.41) is 4.78. The second-order valence-electron chi connectivity index (χ2n) is 7.35. The molecule has 26 heavy (non-hydrogen) atoms. The number of hydrogen-bond donors (Lipinski definition) is 1. The summed E-state index contributed by atoms with van der Waals surface area (Å²) in [6.07, 6.45) is 1.20. The average Bonchev–Trinajstić information content (AvgIpc) is 2.60. The molecule has 0 aliphatic carbocycles. The van der Waals surface area contributed by atoms with Crippen LogP contribution < -0.4 is 5.32 Å². The van der Waals surface area contributed by atoms with E-state index >= 15 is 0 Å². The van der Waals surface area contributed by atoms with E-state index in [1.165, 1.54) is 18.2 Å². The van der Waals surface area contributed by atoms with Crippen LogP contribution in [-0.2, 0) is 4.79 Å². The van der Waals surface area contributed by atoms with Crippen molar-refractivity contribution in [2.24, 2.45) is 11.8 Å². The van der Waals surface area contributed by atoms with E-state index in [4.69, 9.17) is 0 Å². The smallest absolute Gasteiger partial charge is 0.235 e. The SMILES string of the molecule is CCNc1nc(SC(C)C(=O)N2CC(C)CC(C)C2)nc2ccccc12. The van der Waals surface area contributed by atoms with Crippen LogP contribution in [0.15, 0.2) is 29.4 Å². The second kappa shape index (κ2) is 8.25. The van der Waals surface area contributed by atoms with Gasteiger partial charge in [0.25, 0.3) is 0 Å². The number of likely N-dealkylation sites (tertiary alicyclic amines) is 1. The Bertz CT molecular complexity index is 771. The van der Waals surface area contributed by atoms with Crippen LogP contribution in [0.1, 0.15) is 34.1 Å². The Hall–Kier alpha value is -1.82. The van der Waals surface area contributed by atoms with Crippen molar-refractivity contribution in [1.29, 1.82) is 0 Å². The third-order valence-electron chi connectivity index (χ3n) is 4.74. The normalized spacial score (nSPS) is 21.6. The van der Waals surface area contributed by atoms with E-state index in [1.54, 1.807) is 0 Å². The third-order valence-corrected chi connectivity index (χ3v) is 5.69. The van der Waals surface area contributed by atoms with Crippen molar-refractivity contribution in [2.75, 3.05) is 25.0 Å². The van der Waals surface area contributed by atoms with E-state index in [0.29, 0.717) is 17.0 Å². The zero-order valence-electron chi connectivity index (χ0n) is 16.0. The van der Waals surface area contributed by atoms with Crippen LogP contribution in [0, 0.1) is 11.8 Å². The van der Waals surface area contributed by atoms with Gasteiger partial charge in [0, 0.05) is 25.0 Å². The number of aromatic nitrogens is 2. The maximum absolute atomic E-state index is 12.9. The molecule has 1 fully saturated rings. The highest BCUT2D eigenvalue weighted by Crippen LogP contribution is 2.29. The number of amides is 1. The largest absolute Gasteiger partial charge is 0.370 e. The van der Waals surface area contributed by atoms with E-state index < -0.39 is 0 Å². The van der Waals surface area contributed by atoms with E-state index in [1.807, 2.05) is 36.1 Å². The van der Waals surface area contributed by atoms with Gasteiger partial charge in [-0.3, -0.25) is 4.79 Å². The second-order valence-corrected chi connectivity index (χ2v) is 8.66. The number of fused-ring (bicyclic) bond motifs is 1. The molecule has 1 N–H and O–H groups in total. The van der Waals surface area contributed by atoms with Gasteiger partial charge in [-0.05, 0) is 44.2 Å². The minimum Gasteiger partial charge on any atom is -0.370 e. The van der Waals surface area contributed by atoms with Gasteiger partial charge in [0.05, 0.1) is 10.8 Å². The first-order valence-electron chi connectivity index (χ1n) is 9.44. The van der Waals surface area contributed by atoms with Crippen molar-refractivity contribution < 1.29 is 4.79 Å². The predicted molar refractivity (Wildman–Crippen MR) is 109 cm³/mol. The molecular weight excluding hydrogens is 344 g/mol. The highest BCUT2D eigenvalue weighted by Gasteiger charge is 2.29. The number of piperidine rings is 1. The lowest BCUT2D eigenvalue weighted by Crippen LogP contribution is -2.45. The Morgan fingerprint density at radius 3 is 2.65 bits per heavy atom. The summed E-state index contributed by atoms with van der Waals surface area (Å²) in [5.74, 6) is 2.16. The first-order chi connectivity index (χ1) is 12.5. The molecule has 2 aromatic rings. The Kier molecular flexibility index (Phi) is 6.01. The fourth-order valence-corrected chi connectivity index (χ4v) is 4.58. The highest BCUT2D eigenvalue weighted by atomic mass is 32.2. The van der Waals surface area contributed by atoms with Crippen molar-refractivity contribution in [2.45, 2.75) is 44.5 Å². The first kappa shape index (κ1) is 19.0. The molecule has 0 saturated carbocycles. The number of nitrogens with zero attached hydrogens (tertiary/aromatic N) is 3. The van der Waals surface area contributed by atoms with Gasteiger partial charge in [-0.2, -0.15) is 0 Å². The van der Waals surface area contributed by atoms with E-state index in [2.05, 4.69) is 36.1 Å². The van der Waals surface area contributed by atoms with Gasteiger partial charge in [0.2, 0.25) is 5.91 Å². The van der Waals surface area contributed by atoms with Crippen LogP contribution >= 0.6 is 11.8 Å². The summed E-state index contributed by atoms with van der Waals surface area (Å²) in [4.78, 5) is 24.2. The van der Waals surface area contributed by atoms with Gasteiger partial charge < -0.3 is 10.2 Å². The molecule has 0 spiro atoms. The summed E-state index contributed by atoms with van der Waals surface area (Å²) in [5.41, 5.74) is 0.904. The lowest BCUT2D eigenvalue weighted by Gasteiger charge is -2.36. The molecule has 1 amide bonds. The van der Waals surface area contributed by atoms with Gasteiger partial charge in [-0.15, -0.1) is 0 Å². The number of carbonyl (C=O) groups is 1. The van der Waals surface area contributed by atoms with Crippen molar-refractivity contribution in [3.05, 3.63) is 24.3 Å². The maximum Gasteiger partial charge on any atom is 0.235 e. The molecule has 0 radical (unpaired) electrons. The number of rotatable bonds is 5. The minimum absolute atomic E-state index is 0.190. The monoisotopic (exact) mass is 372 g/mol. The molecule has 2 heterocycles. The number of thioether (sulfide) groups is 1. The third kappa shape index (κ3) is 4.29. The molecule has 1 aromatic carbocycles. The van der Waals surface area contributed by atoms with Gasteiger partial charge >= 0.3 is 0 Å². The van der Waals surface area contributed by atoms with Crippen LogP contribution in [0.3, 0.4) is 0 Å². The summed E-state index contributed by atoms with van der Waals surface area (Å²) >= 11 is 1.45. The Labute approximate surface area is 160 Å². The molecule has 5 nitrogen and oxygen atoms in total. The molecule has 3 atom stereocenters. The molecular formula is C20H28N4OS. The molecule has 6 heteroatoms. The summed E-state index contributed by atoms with van der Waals surface area (Å²) < 4.78 is 0. The van der Waals surface area contributed by atoms with Crippen molar-refractivity contribution in [3.63, 3.8) is 0 Å². The zero-order valence-corrected chi connectivity index (χ0v) is 16.8. The zero-order chi connectivity index (χ0) is 18.7. The quantitative estimate of drug-likeness (QED) is 0.634. The average molecular weight is 373 g/mol. The van der Waals surface area contributed by atoms with E-state index in [-0.39, 0.29) is 11.2 Å². The molecule has 3 rings (SSSR count). The molecule has 140 valence electrons. The lowest BCUT2D eigenvalue weighted by molar-refractivity contribution is -0.132. The van der Waals surface area contributed by atoms with Crippen molar-refractivity contribution >= 4 is 34.4 Å². The molecule has 1 saturated heterocycles. The molecule has 1 aliphatic rings. The molecule has 3 unspecified atom stereocenters. The molecule has 1 aliphatic heterocycles. The summed E-state index contributed by atoms with van der Waals surface area (Å²) in [7, 11) is 0. The Balaban J connectivity index is 1.78. The van der Waals surface area contributed by atoms with Crippen LogP contribution in [0.5, 0.6) is 0 Å². The highest BCUT2D eigenvalue weighted by molar-refractivity contribution is 8.00. The van der Waals surface area contributed by atoms with Crippen molar-refractivity contribution in [1.82, 2.24) is 14.9 Å². The van der Waals surface area contributed by atoms with E-state index in [9.17, 15) is 4.79 Å². The van der Waals surface area contributed by atoms with Gasteiger partial charge in [-0.1, -0.05) is 37.7 Å². The topological polar surface area (TPSA) is 58.1 Å². The van der Waals surface area contributed by atoms with Crippen LogP contribution in [0.4, 0.5) is 5.82 Å². The minimum atomic E-state index is -0.192. The number of benzene rings is 1. The molecule has 0 bridgehead atoms. The number of nitrogens with one attached hydrogen (secondary N) is 1. The van der Waals surface area contributed by atoms with Crippen LogP contribution in [0.2, 0.25) is 0 Å². The standard InChI is InChI=1S/C20H28N4OS/c1-5-21-18-16-8-6-7-9-17(16)22-20(23-18)26-15(4)19(25)24-11-13(2)10-14(3)12-24/h6-9,13-15H,5,10-12H2,1-4H3,(H,21,22,23). The van der Waals surface area contributed by atoms with Crippen molar-refractivity contribution in [3.8, 4) is 0 Å². The number of para-hydroxylation sites is 1. The molecule has 1 aromatic heterocycles. The fraction of sp³-hybridized carbons (Fsp3) is 0.550. The fourth-order valence-electron chi connectivity index (χ4n) is 3.72. The Morgan fingerprint density at radius 2 is 1.96 bits per heavy atom. The van der Waals surface area contributed by atoms with Gasteiger partial charge in [0.1, 0.15) is 5.82 Å². The summed E-state index contributed by atoms with van der Waals surface area (Å²) in [6, 6.07) is 7.98. The van der Waals surface area contributed by atoms with Crippen LogP contribution in [-0.4, -0.2) is 45.7 Å². The van der Waals surface area contributed by atoms with Gasteiger partial charge in [-0.25, -0.2) is 9.97 Å². The predicted octanol–water partition coefficient (Wildman–Crippen LogP) is 4.05.